The van der Waals surface area contributed by atoms with E-state index in [4.69, 9.17) is 4.52 Å². The molecule has 2 fully saturated rings. The summed E-state index contributed by atoms with van der Waals surface area (Å²) in [5, 5.41) is 16.9. The average molecular weight is 735 g/mol. The van der Waals surface area contributed by atoms with Crippen molar-refractivity contribution in [2.75, 3.05) is 21.4 Å². The van der Waals surface area contributed by atoms with Crippen LogP contribution in [-0.2, 0) is 27.1 Å². The minimum absolute atomic E-state index is 0.0150. The molecule has 2 saturated heterocycles. The van der Waals surface area contributed by atoms with Crippen molar-refractivity contribution in [2.24, 2.45) is 0 Å². The van der Waals surface area contributed by atoms with Crippen LogP contribution in [-0.4, -0.2) is 44.5 Å². The lowest BCUT2D eigenvalue weighted by Crippen LogP contribution is -2.63. The molecule has 12 heteroatoms. The van der Waals surface area contributed by atoms with Crippen molar-refractivity contribution in [3.8, 4) is 0 Å². The van der Waals surface area contributed by atoms with Crippen LogP contribution in [0.1, 0.15) is 34.1 Å². The summed E-state index contributed by atoms with van der Waals surface area (Å²) in [5.41, 5.74) is 0.785. The number of hydrogen-bond acceptors (Lipinski definition) is 8. The third kappa shape index (κ3) is 3.79. The average Bonchev–Trinajstić information content (AvgIpc) is 3.89. The first-order valence-corrected chi connectivity index (χ1v) is 17.9. The predicted molar refractivity (Wildman–Crippen MR) is 189 cm³/mol. The zero-order valence-electron chi connectivity index (χ0n) is 26.2. The summed E-state index contributed by atoms with van der Waals surface area (Å²) in [6.07, 6.45) is 0. The number of nitro groups is 1. The van der Waals surface area contributed by atoms with Gasteiger partial charge in [0.25, 0.3) is 5.91 Å². The molecule has 4 aromatic carbocycles. The van der Waals surface area contributed by atoms with Crippen LogP contribution in [0.25, 0.3) is 0 Å². The Hall–Kier alpha value is -4.78. The molecule has 1 aromatic heterocycles. The molecule has 0 aliphatic carbocycles. The maximum Gasteiger partial charge on any atom is 0.334 e. The highest BCUT2D eigenvalue weighted by Gasteiger charge is 2.83. The monoisotopic (exact) mass is 733 g/mol. The molecule has 1 unspecified atom stereocenters. The number of carbonyl (C=O) groups excluding carboxylic acids is 2. The zero-order chi connectivity index (χ0) is 33.7. The molecule has 4 aliphatic rings. The maximum atomic E-state index is 16.0. The van der Waals surface area contributed by atoms with Gasteiger partial charge in [0.05, 0.1) is 23.1 Å². The number of fused-ring (bicyclic) bond motifs is 7. The minimum Gasteiger partial charge on any atom is -0.353 e. The van der Waals surface area contributed by atoms with Crippen LogP contribution in [0.15, 0.2) is 112 Å². The largest absolute Gasteiger partial charge is 0.353 e. The summed E-state index contributed by atoms with van der Waals surface area (Å²) in [6, 6.07) is 32.0. The third-order valence-corrected chi connectivity index (χ3v) is 12.1. The SMILES string of the molecule is Cc1noc([C@@H]2C3CSCN3[C@]3(C(=O)N(c4ccccc4)c4ccccc43)[C@@]23C(=O)N(Cc2ccccc2)c2ccc(Br)cc23)c1[N+](=O)[O-]. The summed E-state index contributed by atoms with van der Waals surface area (Å²) in [7, 11) is 0. The number of anilines is 3. The summed E-state index contributed by atoms with van der Waals surface area (Å²) >= 11 is 5.33. The predicted octanol–water partition coefficient (Wildman–Crippen LogP) is 7.18. The number of nitrogens with zero attached hydrogens (tertiary/aromatic N) is 5. The number of carbonyl (C=O) groups is 2. The van der Waals surface area contributed by atoms with Gasteiger partial charge in [-0.3, -0.25) is 29.5 Å². The lowest BCUT2D eigenvalue weighted by atomic mass is 9.58. The van der Waals surface area contributed by atoms with Crippen molar-refractivity contribution in [1.82, 2.24) is 10.1 Å². The van der Waals surface area contributed by atoms with Crippen LogP contribution in [0.5, 0.6) is 0 Å². The molecule has 0 radical (unpaired) electrons. The van der Waals surface area contributed by atoms with Gasteiger partial charge in [0.15, 0.2) is 5.69 Å². The fourth-order valence-corrected chi connectivity index (χ4v) is 10.6. The summed E-state index contributed by atoms with van der Waals surface area (Å²) in [6.45, 7) is 1.79. The van der Waals surface area contributed by atoms with Crippen molar-refractivity contribution >= 4 is 62.3 Å². The van der Waals surface area contributed by atoms with E-state index >= 15 is 9.59 Å². The Morgan fingerprint density at radius 1 is 0.939 bits per heavy atom. The van der Waals surface area contributed by atoms with Crippen molar-refractivity contribution in [1.29, 1.82) is 0 Å². The molecule has 10 nitrogen and oxygen atoms in total. The van der Waals surface area contributed by atoms with E-state index in [9.17, 15) is 10.1 Å². The molecule has 2 amide bonds. The quantitative estimate of drug-likeness (QED) is 0.138. The molecular formula is C37H28BrN5O5S. The van der Waals surface area contributed by atoms with Gasteiger partial charge in [0.2, 0.25) is 11.7 Å². The van der Waals surface area contributed by atoms with E-state index in [2.05, 4.69) is 26.0 Å². The Morgan fingerprint density at radius 2 is 1.65 bits per heavy atom. The summed E-state index contributed by atoms with van der Waals surface area (Å²) < 4.78 is 6.70. The van der Waals surface area contributed by atoms with Crippen LogP contribution in [0, 0.1) is 17.0 Å². The molecule has 2 spiro atoms. The molecule has 0 saturated carbocycles. The third-order valence-electron chi connectivity index (χ3n) is 10.6. The first kappa shape index (κ1) is 30.3. The van der Waals surface area contributed by atoms with Gasteiger partial charge in [-0.15, -0.1) is 11.8 Å². The second-order valence-electron chi connectivity index (χ2n) is 12.8. The number of amides is 2. The first-order valence-electron chi connectivity index (χ1n) is 15.9. The molecule has 4 aliphatic heterocycles. The molecule has 9 rings (SSSR count). The molecular weight excluding hydrogens is 706 g/mol. The Bertz CT molecular complexity index is 2200. The lowest BCUT2D eigenvalue weighted by molar-refractivity contribution is -0.386. The van der Waals surface area contributed by atoms with E-state index in [1.165, 1.54) is 0 Å². The van der Waals surface area contributed by atoms with Crippen molar-refractivity contribution in [3.05, 3.63) is 146 Å². The number of aromatic nitrogens is 1. The van der Waals surface area contributed by atoms with E-state index in [1.807, 2.05) is 103 Å². The van der Waals surface area contributed by atoms with Crippen LogP contribution < -0.4 is 9.80 Å². The Labute approximate surface area is 293 Å². The van der Waals surface area contributed by atoms with Gasteiger partial charge >= 0.3 is 5.69 Å². The molecule has 49 heavy (non-hydrogen) atoms. The van der Waals surface area contributed by atoms with E-state index in [-0.39, 0.29) is 35.5 Å². The molecule has 5 aromatic rings. The highest BCUT2D eigenvalue weighted by atomic mass is 79.9. The van der Waals surface area contributed by atoms with Crippen LogP contribution in [0.3, 0.4) is 0 Å². The standard InChI is InChI=1S/C37H28BrN5O5S/c1-22-32(43(46)47)33(48-39-22)31-30-20-49-21-41(30)37(26-14-8-9-15-29(26)42(35(37)45)25-12-6-3-7-13-25)36(31)27-18-24(38)16-17-28(27)40(34(36)44)19-23-10-4-2-5-11-23/h2-18,30-31H,19-21H2,1H3/t30?,31-,36+,37+/m0/s1. The van der Waals surface area contributed by atoms with Gasteiger partial charge in [-0.05, 0) is 54.4 Å². The Balaban J connectivity index is 1.42. The van der Waals surface area contributed by atoms with E-state index in [0.29, 0.717) is 39.8 Å². The van der Waals surface area contributed by atoms with Gasteiger partial charge in [-0.1, -0.05) is 87.8 Å². The van der Waals surface area contributed by atoms with Crippen LogP contribution >= 0.6 is 27.7 Å². The van der Waals surface area contributed by atoms with Crippen molar-refractivity contribution in [3.63, 3.8) is 0 Å². The smallest absolute Gasteiger partial charge is 0.334 e. The number of hydrogen-bond donors (Lipinski definition) is 0. The zero-order valence-corrected chi connectivity index (χ0v) is 28.6. The number of para-hydroxylation sites is 2. The van der Waals surface area contributed by atoms with Crippen LogP contribution in [0.2, 0.25) is 0 Å². The van der Waals surface area contributed by atoms with Gasteiger partial charge in [0.1, 0.15) is 11.0 Å². The maximum absolute atomic E-state index is 16.0. The fraction of sp³-hybridized carbons (Fsp3) is 0.216. The molecule has 5 heterocycles. The van der Waals surface area contributed by atoms with Gasteiger partial charge in [0, 0.05) is 39.1 Å². The summed E-state index contributed by atoms with van der Waals surface area (Å²) in [4.78, 5) is 49.8. The van der Waals surface area contributed by atoms with Crippen molar-refractivity contribution < 1.29 is 19.0 Å². The van der Waals surface area contributed by atoms with Crippen molar-refractivity contribution in [2.45, 2.75) is 36.4 Å². The number of thioether (sulfide) groups is 1. The molecule has 4 atom stereocenters. The molecule has 0 N–H and O–H groups in total. The molecule has 244 valence electrons. The van der Waals surface area contributed by atoms with Gasteiger partial charge in [-0.25, -0.2) is 0 Å². The van der Waals surface area contributed by atoms with Gasteiger partial charge in [-0.2, -0.15) is 0 Å². The fourth-order valence-electron chi connectivity index (χ4n) is 8.92. The lowest BCUT2D eigenvalue weighted by Gasteiger charge is -2.44. The Morgan fingerprint density at radius 3 is 2.41 bits per heavy atom. The topological polar surface area (TPSA) is 113 Å². The van der Waals surface area contributed by atoms with E-state index < -0.39 is 27.8 Å². The number of rotatable bonds is 5. The van der Waals surface area contributed by atoms with E-state index in [0.717, 1.165) is 10.0 Å². The van der Waals surface area contributed by atoms with E-state index in [1.54, 1.807) is 28.5 Å². The highest BCUT2D eigenvalue weighted by Crippen LogP contribution is 2.72. The molecule has 0 bridgehead atoms. The van der Waals surface area contributed by atoms with Crippen LogP contribution in [0.4, 0.5) is 22.7 Å². The summed E-state index contributed by atoms with van der Waals surface area (Å²) in [5.74, 6) is -0.549. The highest BCUT2D eigenvalue weighted by molar-refractivity contribution is 9.10. The minimum atomic E-state index is -1.68. The van der Waals surface area contributed by atoms with Gasteiger partial charge < -0.3 is 9.42 Å². The normalized spacial score (nSPS) is 25.4. The Kier molecular flexibility index (Phi) is 6.71. The number of halogens is 1. The second-order valence-corrected chi connectivity index (χ2v) is 14.7. The number of aryl methyl sites for hydroxylation is 1. The number of benzene rings is 4. The first-order chi connectivity index (χ1) is 23.8. The second kappa shape index (κ2) is 10.9.